The summed E-state index contributed by atoms with van der Waals surface area (Å²) in [6.07, 6.45) is 0. The lowest BCUT2D eigenvalue weighted by Gasteiger charge is -2.05. The number of aryl methyl sites for hydroxylation is 3. The molecule has 132 valence electrons. The van der Waals surface area contributed by atoms with E-state index in [-0.39, 0.29) is 5.96 Å². The number of nitrogen functional groups attached to an aromatic ring is 1. The van der Waals surface area contributed by atoms with Gasteiger partial charge in [0.2, 0.25) is 0 Å². The zero-order valence-corrected chi connectivity index (χ0v) is 14.9. The van der Waals surface area contributed by atoms with Gasteiger partial charge >= 0.3 is 5.95 Å². The Bertz CT molecular complexity index is 1040. The zero-order valence-electron chi connectivity index (χ0n) is 14.9. The highest BCUT2D eigenvalue weighted by molar-refractivity contribution is 6.06. The van der Waals surface area contributed by atoms with Gasteiger partial charge in [-0.15, -0.1) is 9.97 Å². The van der Waals surface area contributed by atoms with E-state index in [1.165, 1.54) is 5.56 Å². The fraction of sp³-hybridized carbons (Fsp3) is 0.158. The molecule has 0 unspecified atom stereocenters. The van der Waals surface area contributed by atoms with Crippen molar-refractivity contribution in [3.8, 4) is 0 Å². The smallest absolute Gasteiger partial charge is 0.354 e. The second-order valence-corrected chi connectivity index (χ2v) is 6.17. The van der Waals surface area contributed by atoms with Crippen LogP contribution in [-0.4, -0.2) is 21.8 Å². The van der Waals surface area contributed by atoms with E-state index in [2.05, 4.69) is 33.3 Å². The van der Waals surface area contributed by atoms with E-state index in [1.807, 2.05) is 19.9 Å². The van der Waals surface area contributed by atoms with Crippen LogP contribution in [-0.2, 0) is 0 Å². The summed E-state index contributed by atoms with van der Waals surface area (Å²) in [7, 11) is 0. The highest BCUT2D eigenvalue weighted by Crippen LogP contribution is 2.20. The molecule has 0 fully saturated rings. The lowest BCUT2D eigenvalue weighted by Crippen LogP contribution is -2.75. The normalized spacial score (nSPS) is 11.6. The third kappa shape index (κ3) is 3.46. The van der Waals surface area contributed by atoms with E-state index >= 15 is 0 Å². The van der Waals surface area contributed by atoms with Gasteiger partial charge in [-0.3, -0.25) is 4.79 Å². The second-order valence-electron chi connectivity index (χ2n) is 6.17. The minimum Gasteiger partial charge on any atom is -0.398 e. The third-order valence-electron chi connectivity index (χ3n) is 4.20. The van der Waals surface area contributed by atoms with Gasteiger partial charge in [0, 0.05) is 11.1 Å². The maximum Gasteiger partial charge on any atom is 0.354 e. The first-order valence-electron chi connectivity index (χ1n) is 8.16. The Morgan fingerprint density at radius 3 is 2.50 bits per heavy atom. The number of anilines is 1. The van der Waals surface area contributed by atoms with Crippen molar-refractivity contribution in [1.82, 2.24) is 15.3 Å². The van der Waals surface area contributed by atoms with Crippen molar-refractivity contribution in [3.63, 3.8) is 0 Å². The number of hydrogen-bond donors (Lipinski definition) is 4. The van der Waals surface area contributed by atoms with Crippen molar-refractivity contribution in [2.75, 3.05) is 5.73 Å². The van der Waals surface area contributed by atoms with Crippen molar-refractivity contribution in [2.24, 2.45) is 5.73 Å². The summed E-state index contributed by atoms with van der Waals surface area (Å²) in [6.45, 7) is 5.99. The van der Waals surface area contributed by atoms with Crippen LogP contribution < -0.4 is 21.8 Å². The third-order valence-corrected chi connectivity index (χ3v) is 4.20. The number of hydrogen-bond acceptors (Lipinski definition) is 4. The molecule has 0 saturated heterocycles. The van der Waals surface area contributed by atoms with Crippen molar-refractivity contribution in [1.29, 1.82) is 0 Å². The van der Waals surface area contributed by atoms with Crippen LogP contribution in [0, 0.1) is 20.8 Å². The van der Waals surface area contributed by atoms with E-state index in [9.17, 15) is 4.79 Å². The molecule has 0 aliphatic carbocycles. The SMILES string of the molecule is Cc1cc2nc([NH+]=C(N)NC(=O)c3ccccc3N)nc(C)c2cc1C. The van der Waals surface area contributed by atoms with Crippen LogP contribution in [0.4, 0.5) is 11.6 Å². The van der Waals surface area contributed by atoms with E-state index in [0.29, 0.717) is 17.2 Å². The molecule has 1 aromatic heterocycles. The minimum absolute atomic E-state index is 0.0286. The number of nitrogens with zero attached hydrogens (tertiary/aromatic N) is 2. The van der Waals surface area contributed by atoms with Gasteiger partial charge in [-0.1, -0.05) is 12.1 Å². The standard InChI is InChI=1S/C19H20N6O/c1-10-8-14-12(3)22-19(23-16(14)9-11(10)2)25-18(21)24-17(26)13-6-4-5-7-15(13)20/h4-9H,20H2,1-3H3,(H3,21,22,23,24,25,26)/p+1. The van der Waals surface area contributed by atoms with Crippen LogP contribution in [0.25, 0.3) is 10.9 Å². The summed E-state index contributed by atoms with van der Waals surface area (Å²) >= 11 is 0. The van der Waals surface area contributed by atoms with Gasteiger partial charge in [-0.2, -0.15) is 0 Å². The largest absolute Gasteiger partial charge is 0.398 e. The molecule has 3 rings (SSSR count). The van der Waals surface area contributed by atoms with Crippen LogP contribution >= 0.6 is 0 Å². The molecule has 1 amide bonds. The Hall–Kier alpha value is -3.48. The average Bonchev–Trinajstić information content (AvgIpc) is 2.57. The number of fused-ring (bicyclic) bond motifs is 1. The number of nitrogens with two attached hydrogens (primary N) is 2. The molecule has 6 N–H and O–H groups in total. The van der Waals surface area contributed by atoms with Crippen molar-refractivity contribution in [3.05, 3.63) is 58.8 Å². The fourth-order valence-corrected chi connectivity index (χ4v) is 2.64. The van der Waals surface area contributed by atoms with E-state index in [1.54, 1.807) is 24.3 Å². The highest BCUT2D eigenvalue weighted by atomic mass is 16.1. The minimum atomic E-state index is -0.405. The number of amides is 1. The van der Waals surface area contributed by atoms with E-state index < -0.39 is 5.91 Å². The molecular weight excluding hydrogens is 328 g/mol. The summed E-state index contributed by atoms with van der Waals surface area (Å²) in [6, 6.07) is 10.8. The van der Waals surface area contributed by atoms with Crippen molar-refractivity contribution in [2.45, 2.75) is 20.8 Å². The summed E-state index contributed by atoms with van der Waals surface area (Å²) in [4.78, 5) is 24.0. The first kappa shape index (κ1) is 17.3. The van der Waals surface area contributed by atoms with Crippen LogP contribution in [0.1, 0.15) is 27.2 Å². The molecule has 0 aliphatic heterocycles. The van der Waals surface area contributed by atoms with Crippen LogP contribution in [0.3, 0.4) is 0 Å². The molecule has 0 atom stereocenters. The Kier molecular flexibility index (Phi) is 4.53. The summed E-state index contributed by atoms with van der Waals surface area (Å²) < 4.78 is 0. The van der Waals surface area contributed by atoms with Gasteiger partial charge in [0.15, 0.2) is 0 Å². The van der Waals surface area contributed by atoms with Gasteiger partial charge in [-0.25, -0.2) is 10.3 Å². The topological polar surface area (TPSA) is 121 Å². The number of para-hydroxylation sites is 1. The zero-order chi connectivity index (χ0) is 18.8. The Morgan fingerprint density at radius 1 is 1.08 bits per heavy atom. The molecule has 0 radical (unpaired) electrons. The van der Waals surface area contributed by atoms with Crippen LogP contribution in [0.2, 0.25) is 0 Å². The first-order valence-corrected chi connectivity index (χ1v) is 8.16. The molecule has 26 heavy (non-hydrogen) atoms. The number of nitrogens with one attached hydrogen (secondary N) is 2. The molecule has 7 heteroatoms. The van der Waals surface area contributed by atoms with E-state index in [0.717, 1.165) is 22.2 Å². The molecule has 2 aromatic carbocycles. The number of benzene rings is 2. The number of guanidine groups is 1. The predicted molar refractivity (Wildman–Crippen MR) is 102 cm³/mol. The van der Waals surface area contributed by atoms with Crippen molar-refractivity contribution >= 4 is 34.4 Å². The summed E-state index contributed by atoms with van der Waals surface area (Å²) in [5.74, 6) is -0.0602. The molecule has 7 nitrogen and oxygen atoms in total. The Morgan fingerprint density at radius 2 is 1.77 bits per heavy atom. The Labute approximate surface area is 151 Å². The molecule has 1 heterocycles. The monoisotopic (exact) mass is 349 g/mol. The molecule has 0 bridgehead atoms. The van der Waals surface area contributed by atoms with Gasteiger partial charge in [0.1, 0.15) is 5.52 Å². The molecule has 0 saturated carbocycles. The lowest BCUT2D eigenvalue weighted by atomic mass is 10.1. The molecular formula is C19H21N6O+. The number of carbonyl (C=O) groups is 1. The number of carbonyl (C=O) groups excluding carboxylic acids is 1. The maximum absolute atomic E-state index is 12.3. The summed E-state index contributed by atoms with van der Waals surface area (Å²) in [5, 5.41) is 3.54. The van der Waals surface area contributed by atoms with Gasteiger partial charge in [0.25, 0.3) is 11.9 Å². The predicted octanol–water partition coefficient (Wildman–Crippen LogP) is 0.594. The van der Waals surface area contributed by atoms with Gasteiger partial charge < -0.3 is 11.5 Å². The summed E-state index contributed by atoms with van der Waals surface area (Å²) in [5.41, 5.74) is 16.4. The second kappa shape index (κ2) is 6.79. The lowest BCUT2D eigenvalue weighted by molar-refractivity contribution is -0.367. The fourth-order valence-electron chi connectivity index (χ4n) is 2.64. The van der Waals surface area contributed by atoms with Crippen LogP contribution in [0.15, 0.2) is 36.4 Å². The van der Waals surface area contributed by atoms with Gasteiger partial charge in [-0.05, 0) is 56.2 Å². The molecule has 3 aromatic rings. The average molecular weight is 349 g/mol. The molecule has 0 aliphatic rings. The Balaban J connectivity index is 1.90. The number of aromatic nitrogens is 2. The van der Waals surface area contributed by atoms with Crippen LogP contribution in [0.5, 0.6) is 0 Å². The maximum atomic E-state index is 12.3. The highest BCUT2D eigenvalue weighted by Gasteiger charge is 2.14. The van der Waals surface area contributed by atoms with E-state index in [4.69, 9.17) is 11.5 Å². The first-order chi connectivity index (χ1) is 12.3. The number of rotatable bonds is 2. The van der Waals surface area contributed by atoms with Gasteiger partial charge in [0.05, 0.1) is 11.3 Å². The molecule has 0 spiro atoms. The van der Waals surface area contributed by atoms with Crippen molar-refractivity contribution < 1.29 is 9.79 Å². The quantitative estimate of drug-likeness (QED) is 0.307.